The lowest BCUT2D eigenvalue weighted by molar-refractivity contribution is -0.133. The van der Waals surface area contributed by atoms with Crippen molar-refractivity contribution in [2.75, 3.05) is 11.1 Å². The first-order chi connectivity index (χ1) is 10.4. The van der Waals surface area contributed by atoms with Crippen molar-refractivity contribution in [1.29, 1.82) is 0 Å². The van der Waals surface area contributed by atoms with E-state index < -0.39 is 11.5 Å². The molecule has 112 valence electrons. The fraction of sp³-hybridized carbons (Fsp3) is 0.125. The summed E-state index contributed by atoms with van der Waals surface area (Å²) in [5.74, 6) is -0.987. The Balaban J connectivity index is 1.94. The van der Waals surface area contributed by atoms with Crippen LogP contribution < -0.4 is 11.1 Å². The SMILES string of the molecule is Nc1ccc(C(=O)C[C@]2(O)C(=O)Nc3ccc(Cl)cc32)cc1. The molecule has 5 nitrogen and oxygen atoms in total. The van der Waals surface area contributed by atoms with E-state index >= 15 is 0 Å². The molecule has 1 aliphatic heterocycles. The second-order valence-electron chi connectivity index (χ2n) is 5.23. The first kappa shape index (κ1) is 14.6. The molecule has 1 amide bonds. The molecule has 0 fully saturated rings. The van der Waals surface area contributed by atoms with Crippen molar-refractivity contribution in [3.63, 3.8) is 0 Å². The number of benzene rings is 2. The second-order valence-corrected chi connectivity index (χ2v) is 5.66. The van der Waals surface area contributed by atoms with Gasteiger partial charge in [-0.25, -0.2) is 0 Å². The van der Waals surface area contributed by atoms with E-state index in [4.69, 9.17) is 17.3 Å². The minimum atomic E-state index is -1.92. The molecule has 0 aliphatic carbocycles. The summed E-state index contributed by atoms with van der Waals surface area (Å²) in [5.41, 5.74) is 5.35. The summed E-state index contributed by atoms with van der Waals surface area (Å²) >= 11 is 5.92. The largest absolute Gasteiger partial charge is 0.399 e. The number of halogens is 1. The van der Waals surface area contributed by atoms with Crippen molar-refractivity contribution in [2.24, 2.45) is 0 Å². The van der Waals surface area contributed by atoms with E-state index in [1.54, 1.807) is 36.4 Å². The first-order valence-corrected chi connectivity index (χ1v) is 7.00. The van der Waals surface area contributed by atoms with Crippen molar-refractivity contribution in [3.8, 4) is 0 Å². The Labute approximate surface area is 131 Å². The van der Waals surface area contributed by atoms with Crippen LogP contribution in [0.25, 0.3) is 0 Å². The van der Waals surface area contributed by atoms with Crippen molar-refractivity contribution in [1.82, 2.24) is 0 Å². The molecule has 1 aliphatic rings. The number of ketones is 1. The Kier molecular flexibility index (Phi) is 3.39. The van der Waals surface area contributed by atoms with E-state index in [2.05, 4.69) is 5.32 Å². The number of carbonyl (C=O) groups excluding carboxylic acids is 2. The number of hydrogen-bond donors (Lipinski definition) is 3. The monoisotopic (exact) mass is 316 g/mol. The molecule has 3 rings (SSSR count). The Morgan fingerprint density at radius 3 is 2.59 bits per heavy atom. The van der Waals surface area contributed by atoms with Crippen LogP contribution in [0.5, 0.6) is 0 Å². The normalized spacial score (nSPS) is 19.6. The molecule has 0 aromatic heterocycles. The van der Waals surface area contributed by atoms with Crippen LogP contribution in [0.2, 0.25) is 5.02 Å². The zero-order valence-corrected chi connectivity index (χ0v) is 12.2. The Morgan fingerprint density at radius 2 is 1.91 bits per heavy atom. The molecule has 0 radical (unpaired) electrons. The number of nitrogens with one attached hydrogen (secondary N) is 1. The van der Waals surface area contributed by atoms with Crippen molar-refractivity contribution in [2.45, 2.75) is 12.0 Å². The minimum absolute atomic E-state index is 0.314. The van der Waals surface area contributed by atoms with Crippen molar-refractivity contribution < 1.29 is 14.7 Å². The summed E-state index contributed by atoms with van der Waals surface area (Å²) in [5, 5.41) is 13.7. The van der Waals surface area contributed by atoms with E-state index in [9.17, 15) is 14.7 Å². The minimum Gasteiger partial charge on any atom is -0.399 e. The van der Waals surface area contributed by atoms with Gasteiger partial charge in [0.25, 0.3) is 5.91 Å². The van der Waals surface area contributed by atoms with Crippen molar-refractivity contribution in [3.05, 3.63) is 58.6 Å². The molecule has 1 atom stereocenters. The maximum atomic E-state index is 12.3. The van der Waals surface area contributed by atoms with Gasteiger partial charge in [-0.05, 0) is 42.5 Å². The first-order valence-electron chi connectivity index (χ1n) is 6.63. The lowest BCUT2D eigenvalue weighted by Gasteiger charge is -2.20. The number of carbonyl (C=O) groups is 2. The highest BCUT2D eigenvalue weighted by atomic mass is 35.5. The van der Waals surface area contributed by atoms with Crippen LogP contribution in [0, 0.1) is 0 Å². The summed E-state index contributed by atoms with van der Waals surface area (Å²) in [6.45, 7) is 0. The van der Waals surface area contributed by atoms with Crippen LogP contribution >= 0.6 is 11.6 Å². The number of anilines is 2. The molecule has 4 N–H and O–H groups in total. The van der Waals surface area contributed by atoms with E-state index in [1.807, 2.05) is 0 Å². The fourth-order valence-electron chi connectivity index (χ4n) is 2.49. The molecule has 0 spiro atoms. The highest BCUT2D eigenvalue weighted by Gasteiger charge is 2.46. The quantitative estimate of drug-likeness (QED) is 0.598. The molecule has 6 heteroatoms. The predicted molar refractivity (Wildman–Crippen MR) is 83.8 cm³/mol. The third-order valence-corrected chi connectivity index (χ3v) is 3.94. The highest BCUT2D eigenvalue weighted by Crippen LogP contribution is 2.40. The molecule has 0 unspecified atom stereocenters. The van der Waals surface area contributed by atoms with Gasteiger partial charge in [0.15, 0.2) is 11.4 Å². The molecule has 1 heterocycles. The lowest BCUT2D eigenvalue weighted by Crippen LogP contribution is -2.36. The molecule has 22 heavy (non-hydrogen) atoms. The van der Waals surface area contributed by atoms with E-state index in [1.165, 1.54) is 6.07 Å². The van der Waals surface area contributed by atoms with Crippen LogP contribution in [0.3, 0.4) is 0 Å². The topological polar surface area (TPSA) is 92.4 Å². The Bertz CT molecular complexity index is 773. The highest BCUT2D eigenvalue weighted by molar-refractivity contribution is 6.31. The second kappa shape index (κ2) is 5.12. The lowest BCUT2D eigenvalue weighted by atomic mass is 9.88. The number of Topliss-reactive ketones (excluding diaryl/α,β-unsaturated/α-hetero) is 1. The van der Waals surface area contributed by atoms with Crippen LogP contribution in [0.4, 0.5) is 11.4 Å². The Hall–Kier alpha value is -2.37. The van der Waals surface area contributed by atoms with Gasteiger partial charge in [-0.15, -0.1) is 0 Å². The van der Waals surface area contributed by atoms with Crippen LogP contribution in [0.1, 0.15) is 22.3 Å². The number of hydrogen-bond acceptors (Lipinski definition) is 4. The van der Waals surface area contributed by atoms with E-state index in [0.717, 1.165) is 0 Å². The zero-order valence-electron chi connectivity index (χ0n) is 11.5. The van der Waals surface area contributed by atoms with Gasteiger partial charge in [0.05, 0.1) is 6.42 Å². The fourth-order valence-corrected chi connectivity index (χ4v) is 2.67. The van der Waals surface area contributed by atoms with Gasteiger partial charge in [-0.2, -0.15) is 0 Å². The molecule has 0 bridgehead atoms. The third kappa shape index (κ3) is 2.34. The third-order valence-electron chi connectivity index (χ3n) is 3.70. The van der Waals surface area contributed by atoms with Crippen LogP contribution in [-0.4, -0.2) is 16.8 Å². The maximum Gasteiger partial charge on any atom is 0.261 e. The average molecular weight is 317 g/mol. The molecule has 0 saturated heterocycles. The number of nitrogen functional groups attached to an aromatic ring is 1. The molecular formula is C16H13ClN2O3. The number of aliphatic hydroxyl groups is 1. The summed E-state index contributed by atoms with van der Waals surface area (Å²) < 4.78 is 0. The van der Waals surface area contributed by atoms with E-state index in [-0.39, 0.29) is 12.2 Å². The number of rotatable bonds is 3. The molecule has 0 saturated carbocycles. The van der Waals surface area contributed by atoms with Gasteiger partial charge in [0.2, 0.25) is 0 Å². The van der Waals surface area contributed by atoms with E-state index in [0.29, 0.717) is 27.5 Å². The predicted octanol–water partition coefficient (Wildman–Crippen LogP) is 2.33. The summed E-state index contributed by atoms with van der Waals surface area (Å²) in [6.07, 6.45) is -0.365. The van der Waals surface area contributed by atoms with Crippen LogP contribution in [-0.2, 0) is 10.4 Å². The summed E-state index contributed by atoms with van der Waals surface area (Å²) in [4.78, 5) is 24.5. The van der Waals surface area contributed by atoms with Gasteiger partial charge < -0.3 is 16.2 Å². The molecule has 2 aromatic carbocycles. The summed E-state index contributed by atoms with van der Waals surface area (Å²) in [6, 6.07) is 11.0. The zero-order chi connectivity index (χ0) is 15.9. The average Bonchev–Trinajstić information content (AvgIpc) is 2.71. The Morgan fingerprint density at radius 1 is 1.23 bits per heavy atom. The van der Waals surface area contributed by atoms with Gasteiger partial charge in [0, 0.05) is 27.5 Å². The van der Waals surface area contributed by atoms with Gasteiger partial charge in [0.1, 0.15) is 0 Å². The number of nitrogens with two attached hydrogens (primary N) is 1. The standard InChI is InChI=1S/C16H13ClN2O3/c17-10-3-6-13-12(7-10)16(22,15(21)19-13)8-14(20)9-1-4-11(18)5-2-9/h1-7,22H,8,18H2,(H,19,21)/t16-/m1/s1. The summed E-state index contributed by atoms with van der Waals surface area (Å²) in [7, 11) is 0. The van der Waals surface area contributed by atoms with Crippen LogP contribution in [0.15, 0.2) is 42.5 Å². The van der Waals surface area contributed by atoms with Gasteiger partial charge >= 0.3 is 0 Å². The van der Waals surface area contributed by atoms with Gasteiger partial charge in [-0.1, -0.05) is 11.6 Å². The molecular weight excluding hydrogens is 304 g/mol. The maximum absolute atomic E-state index is 12.3. The van der Waals surface area contributed by atoms with Crippen molar-refractivity contribution >= 4 is 34.7 Å². The smallest absolute Gasteiger partial charge is 0.261 e. The van der Waals surface area contributed by atoms with Gasteiger partial charge in [-0.3, -0.25) is 9.59 Å². The molecule has 2 aromatic rings. The number of amides is 1. The number of fused-ring (bicyclic) bond motifs is 1.